The maximum atomic E-state index is 12.0. The topological polar surface area (TPSA) is 60.7 Å². The molecule has 0 saturated carbocycles. The van der Waals surface area contributed by atoms with Crippen LogP contribution in [0.25, 0.3) is 5.65 Å². The predicted octanol–water partition coefficient (Wildman–Crippen LogP) is 2.24. The van der Waals surface area contributed by atoms with Crippen molar-refractivity contribution in [2.75, 3.05) is 0 Å². The monoisotopic (exact) mass is 274 g/mol. The third-order valence-electron chi connectivity index (χ3n) is 3.05. The molecule has 0 unspecified atom stereocenters. The van der Waals surface area contributed by atoms with Crippen LogP contribution in [0.15, 0.2) is 29.2 Å². The summed E-state index contributed by atoms with van der Waals surface area (Å²) in [6.07, 6.45) is 3.84. The van der Waals surface area contributed by atoms with Crippen molar-refractivity contribution < 1.29 is 9.53 Å². The number of aryl methyl sites for hydroxylation is 1. The summed E-state index contributed by atoms with van der Waals surface area (Å²) >= 11 is 0. The maximum absolute atomic E-state index is 12.0. The van der Waals surface area contributed by atoms with Gasteiger partial charge in [-0.05, 0) is 25.0 Å². The van der Waals surface area contributed by atoms with Crippen LogP contribution < -0.4 is 5.56 Å². The van der Waals surface area contributed by atoms with Gasteiger partial charge in [-0.3, -0.25) is 14.0 Å². The van der Waals surface area contributed by atoms with Crippen molar-refractivity contribution in [2.45, 2.75) is 39.7 Å². The van der Waals surface area contributed by atoms with E-state index in [1.165, 1.54) is 10.5 Å². The molecule has 0 atom stereocenters. The molecule has 2 rings (SSSR count). The van der Waals surface area contributed by atoms with Crippen LogP contribution in [0, 0.1) is 6.92 Å². The molecule has 0 radical (unpaired) electrons. The van der Waals surface area contributed by atoms with Gasteiger partial charge in [-0.25, -0.2) is 4.98 Å². The van der Waals surface area contributed by atoms with E-state index in [1.807, 2.05) is 19.9 Å². The van der Waals surface area contributed by atoms with Gasteiger partial charge in [-0.1, -0.05) is 19.4 Å². The Bertz CT molecular complexity index is 676. The van der Waals surface area contributed by atoms with Crippen molar-refractivity contribution in [3.8, 4) is 0 Å². The maximum Gasteiger partial charge on any atom is 0.306 e. The Morgan fingerprint density at radius 1 is 1.45 bits per heavy atom. The molecular formula is C15H18N2O3. The minimum absolute atomic E-state index is 0.0443. The van der Waals surface area contributed by atoms with E-state index in [1.54, 1.807) is 12.3 Å². The standard InChI is InChI=1S/C15H18N2O3/c1-3-4-7-14(19)20-10-12-9-13(18)17-8-5-6-11(2)15(17)16-12/h5-6,8-9H,3-4,7,10H2,1-2H3. The minimum atomic E-state index is -0.251. The van der Waals surface area contributed by atoms with Gasteiger partial charge in [0.2, 0.25) is 0 Å². The number of hydrogen-bond acceptors (Lipinski definition) is 4. The summed E-state index contributed by atoms with van der Waals surface area (Å²) in [7, 11) is 0. The second-order valence-electron chi connectivity index (χ2n) is 4.73. The molecule has 0 N–H and O–H groups in total. The molecular weight excluding hydrogens is 256 g/mol. The first-order chi connectivity index (χ1) is 9.61. The average molecular weight is 274 g/mol. The van der Waals surface area contributed by atoms with Crippen LogP contribution in [-0.2, 0) is 16.1 Å². The van der Waals surface area contributed by atoms with Crippen LogP contribution in [0.4, 0.5) is 0 Å². The molecule has 5 nitrogen and oxygen atoms in total. The average Bonchev–Trinajstić information content (AvgIpc) is 2.44. The number of carbonyl (C=O) groups excluding carboxylic acids is 1. The molecule has 106 valence electrons. The summed E-state index contributed by atoms with van der Waals surface area (Å²) in [5, 5.41) is 0. The lowest BCUT2D eigenvalue weighted by Gasteiger charge is -2.07. The number of fused-ring (bicyclic) bond motifs is 1. The highest BCUT2D eigenvalue weighted by atomic mass is 16.5. The molecule has 2 aromatic heterocycles. The molecule has 0 saturated heterocycles. The van der Waals surface area contributed by atoms with Gasteiger partial charge in [0.1, 0.15) is 12.3 Å². The third-order valence-corrected chi connectivity index (χ3v) is 3.05. The van der Waals surface area contributed by atoms with Crippen molar-refractivity contribution in [3.05, 3.63) is 46.0 Å². The van der Waals surface area contributed by atoms with Crippen LogP contribution in [0.5, 0.6) is 0 Å². The molecule has 0 amide bonds. The summed E-state index contributed by atoms with van der Waals surface area (Å²) in [6.45, 7) is 3.95. The first-order valence-corrected chi connectivity index (χ1v) is 6.75. The third kappa shape index (κ3) is 3.23. The van der Waals surface area contributed by atoms with E-state index in [-0.39, 0.29) is 18.1 Å². The lowest BCUT2D eigenvalue weighted by molar-refractivity contribution is -0.145. The number of nitrogens with zero attached hydrogens (tertiary/aromatic N) is 2. The van der Waals surface area contributed by atoms with Crippen molar-refractivity contribution in [1.29, 1.82) is 0 Å². The van der Waals surface area contributed by atoms with Gasteiger partial charge in [0.05, 0.1) is 5.69 Å². The zero-order chi connectivity index (χ0) is 14.5. The van der Waals surface area contributed by atoms with E-state index >= 15 is 0 Å². The molecule has 0 aliphatic heterocycles. The van der Waals surface area contributed by atoms with E-state index in [0.717, 1.165) is 18.4 Å². The molecule has 5 heteroatoms. The Morgan fingerprint density at radius 2 is 2.25 bits per heavy atom. The highest BCUT2D eigenvalue weighted by Crippen LogP contribution is 2.07. The zero-order valence-electron chi connectivity index (χ0n) is 11.8. The Hall–Kier alpha value is -2.17. The summed E-state index contributed by atoms with van der Waals surface area (Å²) < 4.78 is 6.61. The van der Waals surface area contributed by atoms with Gasteiger partial charge < -0.3 is 4.74 Å². The van der Waals surface area contributed by atoms with Crippen molar-refractivity contribution >= 4 is 11.6 Å². The smallest absolute Gasteiger partial charge is 0.306 e. The van der Waals surface area contributed by atoms with E-state index in [9.17, 15) is 9.59 Å². The number of carbonyl (C=O) groups is 1. The minimum Gasteiger partial charge on any atom is -0.459 e. The first kappa shape index (κ1) is 14.2. The Balaban J connectivity index is 2.17. The molecule has 2 aromatic rings. The van der Waals surface area contributed by atoms with Crippen molar-refractivity contribution in [2.24, 2.45) is 0 Å². The van der Waals surface area contributed by atoms with E-state index < -0.39 is 0 Å². The van der Waals surface area contributed by atoms with Crippen LogP contribution in [0.3, 0.4) is 0 Å². The van der Waals surface area contributed by atoms with Crippen LogP contribution >= 0.6 is 0 Å². The van der Waals surface area contributed by atoms with Gasteiger partial charge in [-0.15, -0.1) is 0 Å². The van der Waals surface area contributed by atoms with Gasteiger partial charge in [-0.2, -0.15) is 0 Å². The Kier molecular flexibility index (Phi) is 4.50. The molecule has 2 heterocycles. The molecule has 0 aliphatic rings. The zero-order valence-corrected chi connectivity index (χ0v) is 11.8. The SMILES string of the molecule is CCCCC(=O)OCc1cc(=O)n2cccc(C)c2n1. The molecule has 0 spiro atoms. The second kappa shape index (κ2) is 6.32. The number of rotatable bonds is 5. The van der Waals surface area contributed by atoms with Crippen LogP contribution in [0.2, 0.25) is 0 Å². The molecule has 0 aliphatic carbocycles. The van der Waals surface area contributed by atoms with E-state index in [0.29, 0.717) is 17.8 Å². The number of unbranched alkanes of at least 4 members (excludes halogenated alkanes) is 1. The highest BCUT2D eigenvalue weighted by Gasteiger charge is 2.07. The largest absolute Gasteiger partial charge is 0.459 e. The molecule has 0 aromatic carbocycles. The van der Waals surface area contributed by atoms with Gasteiger partial charge in [0.15, 0.2) is 0 Å². The summed E-state index contributed by atoms with van der Waals surface area (Å²) in [5.41, 5.74) is 1.82. The first-order valence-electron chi connectivity index (χ1n) is 6.75. The molecule has 20 heavy (non-hydrogen) atoms. The summed E-state index contributed by atoms with van der Waals surface area (Å²) in [6, 6.07) is 5.09. The Morgan fingerprint density at radius 3 is 3.00 bits per heavy atom. The fourth-order valence-corrected chi connectivity index (χ4v) is 1.93. The molecule has 0 fully saturated rings. The van der Waals surface area contributed by atoms with Crippen LogP contribution in [-0.4, -0.2) is 15.4 Å². The summed E-state index contributed by atoms with van der Waals surface area (Å²) in [5.74, 6) is -0.251. The van der Waals surface area contributed by atoms with Gasteiger partial charge >= 0.3 is 5.97 Å². The Labute approximate surface area is 117 Å². The fraction of sp³-hybridized carbons (Fsp3) is 0.400. The van der Waals surface area contributed by atoms with Gasteiger partial charge in [0, 0.05) is 18.7 Å². The number of aromatic nitrogens is 2. The number of ether oxygens (including phenoxy) is 1. The quantitative estimate of drug-likeness (QED) is 0.784. The number of hydrogen-bond donors (Lipinski definition) is 0. The van der Waals surface area contributed by atoms with Crippen LogP contribution in [0.1, 0.15) is 37.4 Å². The number of esters is 1. The van der Waals surface area contributed by atoms with E-state index in [2.05, 4.69) is 4.98 Å². The van der Waals surface area contributed by atoms with Crippen molar-refractivity contribution in [3.63, 3.8) is 0 Å². The highest BCUT2D eigenvalue weighted by molar-refractivity contribution is 5.69. The lowest BCUT2D eigenvalue weighted by Crippen LogP contribution is -2.17. The van der Waals surface area contributed by atoms with Crippen molar-refractivity contribution in [1.82, 2.24) is 9.38 Å². The van der Waals surface area contributed by atoms with E-state index in [4.69, 9.17) is 4.74 Å². The predicted molar refractivity (Wildman–Crippen MR) is 75.5 cm³/mol. The lowest BCUT2D eigenvalue weighted by atomic mass is 10.2. The summed E-state index contributed by atoms with van der Waals surface area (Å²) in [4.78, 5) is 27.8. The fourth-order valence-electron chi connectivity index (χ4n) is 1.93. The van der Waals surface area contributed by atoms with Gasteiger partial charge in [0.25, 0.3) is 5.56 Å². The number of pyridine rings is 1. The molecule has 0 bridgehead atoms. The second-order valence-corrected chi connectivity index (χ2v) is 4.73. The normalized spacial score (nSPS) is 10.7.